The number of halogens is 3. The maximum absolute atomic E-state index is 12.8. The number of benzene rings is 1. The van der Waals surface area contributed by atoms with Crippen LogP contribution in [0.15, 0.2) is 42.7 Å². The van der Waals surface area contributed by atoms with E-state index in [1.807, 2.05) is 6.07 Å². The molecular weight excluding hydrogens is 376 g/mol. The van der Waals surface area contributed by atoms with Crippen LogP contribution in [0.25, 0.3) is 0 Å². The molecule has 2 atom stereocenters. The molecule has 3 rings (SSSR count). The van der Waals surface area contributed by atoms with Crippen molar-refractivity contribution in [3.05, 3.63) is 59.7 Å². The van der Waals surface area contributed by atoms with Gasteiger partial charge in [0.25, 0.3) is 12.3 Å². The Bertz CT molecular complexity index is 772. The molecule has 2 unspecified atom stereocenters. The molecule has 0 bridgehead atoms. The molecule has 1 amide bonds. The van der Waals surface area contributed by atoms with Crippen LogP contribution in [-0.2, 0) is 9.61 Å². The Labute approximate surface area is 161 Å². The quantitative estimate of drug-likeness (QED) is 0.692. The van der Waals surface area contributed by atoms with E-state index >= 15 is 0 Å². The molecule has 144 valence electrons. The van der Waals surface area contributed by atoms with Crippen LogP contribution in [0.1, 0.15) is 41.0 Å². The van der Waals surface area contributed by atoms with Crippen LogP contribution in [0.4, 0.5) is 8.78 Å². The lowest BCUT2D eigenvalue weighted by Crippen LogP contribution is -2.47. The third-order valence-electron chi connectivity index (χ3n) is 4.64. The summed E-state index contributed by atoms with van der Waals surface area (Å²) in [7, 11) is 1.55. The predicted octanol–water partition coefficient (Wildman–Crippen LogP) is 3.70. The minimum Gasteiger partial charge on any atom is -0.379 e. The molecule has 1 aromatic heterocycles. The SMILES string of the molecule is COC(C1CC1)C(Cl)(CNC(=O)c1ccccc1)c1cnc(C(F)F)nc1. The fraction of sp³-hybridized carbons (Fsp3) is 0.421. The minimum atomic E-state index is -2.76. The van der Waals surface area contributed by atoms with Crippen molar-refractivity contribution in [1.82, 2.24) is 15.3 Å². The van der Waals surface area contributed by atoms with Crippen LogP contribution in [0.5, 0.6) is 0 Å². The minimum absolute atomic E-state index is 0.0503. The predicted molar refractivity (Wildman–Crippen MR) is 96.8 cm³/mol. The maximum Gasteiger partial charge on any atom is 0.297 e. The summed E-state index contributed by atoms with van der Waals surface area (Å²) in [6, 6.07) is 8.74. The molecule has 1 saturated carbocycles. The molecule has 0 aliphatic heterocycles. The number of alkyl halides is 3. The summed E-state index contributed by atoms with van der Waals surface area (Å²) in [5.41, 5.74) is 0.932. The van der Waals surface area contributed by atoms with E-state index in [9.17, 15) is 13.6 Å². The number of hydrogen-bond acceptors (Lipinski definition) is 4. The van der Waals surface area contributed by atoms with Gasteiger partial charge in [0.2, 0.25) is 0 Å². The molecule has 2 aromatic rings. The van der Waals surface area contributed by atoms with Gasteiger partial charge < -0.3 is 10.1 Å². The van der Waals surface area contributed by atoms with Crippen LogP contribution < -0.4 is 5.32 Å². The van der Waals surface area contributed by atoms with E-state index in [4.69, 9.17) is 16.3 Å². The summed E-state index contributed by atoms with van der Waals surface area (Å²) < 4.78 is 31.1. The fourth-order valence-electron chi connectivity index (χ4n) is 3.08. The molecule has 1 heterocycles. The highest BCUT2D eigenvalue weighted by Gasteiger charge is 2.48. The van der Waals surface area contributed by atoms with Crippen molar-refractivity contribution >= 4 is 17.5 Å². The van der Waals surface area contributed by atoms with E-state index in [1.165, 1.54) is 12.4 Å². The molecule has 1 aromatic carbocycles. The standard InChI is InChI=1S/C19H20ClF2N3O2/c1-27-15(12-7-8-12)19(20,14-9-23-17(16(21)22)24-10-14)11-25-18(26)13-5-3-2-4-6-13/h2-6,9-10,12,15-16H,7-8,11H2,1H3,(H,25,26). The Hall–Kier alpha value is -2.12. The largest absolute Gasteiger partial charge is 0.379 e. The summed E-state index contributed by atoms with van der Waals surface area (Å²) >= 11 is 6.92. The summed E-state index contributed by atoms with van der Waals surface area (Å²) in [5, 5.41) is 2.82. The van der Waals surface area contributed by atoms with Crippen LogP contribution in [0.2, 0.25) is 0 Å². The summed E-state index contributed by atoms with van der Waals surface area (Å²) in [4.78, 5) is 18.7. The number of carbonyl (C=O) groups is 1. The van der Waals surface area contributed by atoms with Gasteiger partial charge in [0.1, 0.15) is 4.87 Å². The number of nitrogens with one attached hydrogen (secondary N) is 1. The Kier molecular flexibility index (Phi) is 6.01. The first-order valence-electron chi connectivity index (χ1n) is 8.61. The molecule has 1 aliphatic rings. The zero-order valence-electron chi connectivity index (χ0n) is 14.7. The van der Waals surface area contributed by atoms with Gasteiger partial charge in [0, 0.05) is 37.2 Å². The second kappa shape index (κ2) is 8.27. The van der Waals surface area contributed by atoms with E-state index in [-0.39, 0.29) is 18.4 Å². The van der Waals surface area contributed by atoms with Gasteiger partial charge in [-0.25, -0.2) is 18.7 Å². The summed E-state index contributed by atoms with van der Waals surface area (Å²) in [6.07, 6.45) is 1.31. The van der Waals surface area contributed by atoms with Crippen molar-refractivity contribution in [2.24, 2.45) is 5.92 Å². The number of hydrogen-bond donors (Lipinski definition) is 1. The topological polar surface area (TPSA) is 64.1 Å². The first-order valence-corrected chi connectivity index (χ1v) is 8.99. The molecule has 27 heavy (non-hydrogen) atoms. The highest BCUT2D eigenvalue weighted by atomic mass is 35.5. The number of nitrogens with zero attached hydrogens (tertiary/aromatic N) is 2. The van der Waals surface area contributed by atoms with Crippen molar-refractivity contribution in [2.75, 3.05) is 13.7 Å². The molecule has 1 N–H and O–H groups in total. The molecule has 0 radical (unpaired) electrons. The van der Waals surface area contributed by atoms with Crippen molar-refractivity contribution in [3.8, 4) is 0 Å². The van der Waals surface area contributed by atoms with E-state index in [2.05, 4.69) is 15.3 Å². The lowest BCUT2D eigenvalue weighted by molar-refractivity contribution is 0.0447. The van der Waals surface area contributed by atoms with E-state index in [0.717, 1.165) is 12.8 Å². The Morgan fingerprint density at radius 1 is 1.30 bits per heavy atom. The van der Waals surface area contributed by atoms with E-state index in [1.54, 1.807) is 31.4 Å². The van der Waals surface area contributed by atoms with E-state index in [0.29, 0.717) is 11.1 Å². The molecule has 5 nitrogen and oxygen atoms in total. The second-order valence-corrected chi connectivity index (χ2v) is 7.21. The third kappa shape index (κ3) is 4.42. The number of amides is 1. The van der Waals surface area contributed by atoms with Gasteiger partial charge >= 0.3 is 0 Å². The van der Waals surface area contributed by atoms with Crippen molar-refractivity contribution in [3.63, 3.8) is 0 Å². The Morgan fingerprint density at radius 2 is 1.93 bits per heavy atom. The molecular formula is C19H20ClF2N3O2. The van der Waals surface area contributed by atoms with Gasteiger partial charge in [-0.15, -0.1) is 11.6 Å². The summed E-state index contributed by atoms with van der Waals surface area (Å²) in [6.45, 7) is 0.0503. The lowest BCUT2D eigenvalue weighted by Gasteiger charge is -2.35. The third-order valence-corrected chi connectivity index (χ3v) is 5.21. The number of ether oxygens (including phenoxy) is 1. The lowest BCUT2D eigenvalue weighted by atomic mass is 9.91. The van der Waals surface area contributed by atoms with Gasteiger partial charge in [-0.2, -0.15) is 0 Å². The highest BCUT2D eigenvalue weighted by Crippen LogP contribution is 2.46. The van der Waals surface area contributed by atoms with Gasteiger partial charge in [-0.05, 0) is 30.9 Å². The first kappa shape index (κ1) is 19.6. The van der Waals surface area contributed by atoms with Gasteiger partial charge in [-0.3, -0.25) is 4.79 Å². The second-order valence-electron chi connectivity index (χ2n) is 6.54. The van der Waals surface area contributed by atoms with Crippen LogP contribution >= 0.6 is 11.6 Å². The van der Waals surface area contributed by atoms with Crippen molar-refractivity contribution in [1.29, 1.82) is 0 Å². The van der Waals surface area contributed by atoms with Gasteiger partial charge in [0.15, 0.2) is 5.82 Å². The van der Waals surface area contributed by atoms with Crippen LogP contribution in [0.3, 0.4) is 0 Å². The van der Waals surface area contributed by atoms with Gasteiger partial charge in [0.05, 0.1) is 6.10 Å². The van der Waals surface area contributed by atoms with E-state index < -0.39 is 23.2 Å². The number of methoxy groups -OCH3 is 1. The average Bonchev–Trinajstić information content (AvgIpc) is 3.52. The number of carbonyl (C=O) groups excluding carboxylic acids is 1. The average molecular weight is 396 g/mol. The van der Waals surface area contributed by atoms with Gasteiger partial charge in [-0.1, -0.05) is 18.2 Å². The molecule has 0 spiro atoms. The first-order chi connectivity index (χ1) is 13.0. The summed E-state index contributed by atoms with van der Waals surface area (Å²) in [5.74, 6) is -0.612. The number of aromatic nitrogens is 2. The van der Waals surface area contributed by atoms with Crippen LogP contribution in [-0.4, -0.2) is 35.6 Å². The normalized spacial score (nSPS) is 17.4. The van der Waals surface area contributed by atoms with Crippen molar-refractivity contribution < 1.29 is 18.3 Å². The highest BCUT2D eigenvalue weighted by molar-refractivity contribution is 6.25. The fourth-order valence-corrected chi connectivity index (χ4v) is 3.52. The van der Waals surface area contributed by atoms with Crippen molar-refractivity contribution in [2.45, 2.75) is 30.2 Å². The van der Waals surface area contributed by atoms with Crippen LogP contribution in [0, 0.1) is 5.92 Å². The zero-order valence-corrected chi connectivity index (χ0v) is 15.5. The molecule has 8 heteroatoms. The Morgan fingerprint density at radius 3 is 2.44 bits per heavy atom. The maximum atomic E-state index is 12.8. The monoisotopic (exact) mass is 395 g/mol. The zero-order chi connectivity index (χ0) is 19.4. The molecule has 1 aliphatic carbocycles. The molecule has 0 saturated heterocycles. The number of rotatable bonds is 8. The molecule has 1 fully saturated rings. The smallest absolute Gasteiger partial charge is 0.297 e. The Balaban J connectivity index is 1.84.